The van der Waals surface area contributed by atoms with Gasteiger partial charge >= 0.3 is 5.51 Å². The van der Waals surface area contributed by atoms with Crippen LogP contribution in [0.4, 0.5) is 18.9 Å². The minimum Gasteiger partial charge on any atom is -0.372 e. The topological polar surface area (TPSA) is 37.4 Å². The van der Waals surface area contributed by atoms with Gasteiger partial charge in [-0.25, -0.2) is 8.42 Å². The molecule has 0 aliphatic carbocycles. The molecule has 2 aromatic rings. The van der Waals surface area contributed by atoms with E-state index in [1.165, 1.54) is 24.3 Å². The quantitative estimate of drug-likeness (QED) is 0.711. The fourth-order valence-corrected chi connectivity index (χ4v) is 4.57. The van der Waals surface area contributed by atoms with Crippen molar-refractivity contribution in [3.05, 3.63) is 48.5 Å². The largest absolute Gasteiger partial charge is 0.446 e. The molecule has 1 heterocycles. The predicted molar refractivity (Wildman–Crippen MR) is 91.7 cm³/mol. The molecule has 0 spiro atoms. The van der Waals surface area contributed by atoms with Gasteiger partial charge in [0.05, 0.1) is 9.79 Å². The number of benzene rings is 2. The van der Waals surface area contributed by atoms with Gasteiger partial charge in [-0.2, -0.15) is 13.2 Å². The lowest BCUT2D eigenvalue weighted by Crippen LogP contribution is -2.17. The van der Waals surface area contributed by atoms with Crippen molar-refractivity contribution in [1.29, 1.82) is 0 Å². The number of rotatable bonds is 4. The van der Waals surface area contributed by atoms with Gasteiger partial charge in [0.1, 0.15) is 0 Å². The zero-order valence-corrected chi connectivity index (χ0v) is 14.8. The third-order valence-corrected chi connectivity index (χ3v) is 6.51. The smallest absolute Gasteiger partial charge is 0.372 e. The van der Waals surface area contributed by atoms with Crippen LogP contribution in [0.1, 0.15) is 12.8 Å². The summed E-state index contributed by atoms with van der Waals surface area (Å²) in [6.45, 7) is 1.93. The first kappa shape index (κ1) is 18.1. The first-order valence-corrected chi connectivity index (χ1v) is 10.0. The molecule has 1 fully saturated rings. The number of sulfone groups is 1. The number of thioether (sulfide) groups is 1. The Morgan fingerprint density at radius 3 is 1.80 bits per heavy atom. The standard InChI is InChI=1S/C17H16F3NO2S2/c18-17(19,20)24-14-5-9-16(10-6-14)25(22,23)15-7-3-13(4-8-15)21-11-1-2-12-21/h3-10H,1-2,11-12H2. The maximum absolute atomic E-state index is 12.6. The molecular weight excluding hydrogens is 371 g/mol. The molecule has 3 rings (SSSR count). The average molecular weight is 387 g/mol. The lowest BCUT2D eigenvalue weighted by atomic mass is 10.3. The van der Waals surface area contributed by atoms with Crippen LogP contribution in [0.15, 0.2) is 63.2 Å². The van der Waals surface area contributed by atoms with E-state index in [0.29, 0.717) is 0 Å². The van der Waals surface area contributed by atoms with E-state index >= 15 is 0 Å². The van der Waals surface area contributed by atoms with Crippen molar-refractivity contribution in [3.8, 4) is 0 Å². The predicted octanol–water partition coefficient (Wildman–Crippen LogP) is 4.73. The van der Waals surface area contributed by atoms with Gasteiger partial charge in [0.2, 0.25) is 9.84 Å². The monoisotopic (exact) mass is 387 g/mol. The van der Waals surface area contributed by atoms with Gasteiger partial charge in [0.25, 0.3) is 0 Å². The van der Waals surface area contributed by atoms with Crippen molar-refractivity contribution in [3.63, 3.8) is 0 Å². The van der Waals surface area contributed by atoms with E-state index in [0.717, 1.165) is 31.6 Å². The molecule has 0 aromatic heterocycles. The van der Waals surface area contributed by atoms with Crippen LogP contribution in [0.5, 0.6) is 0 Å². The molecular formula is C17H16F3NO2S2. The SMILES string of the molecule is O=S(=O)(c1ccc(SC(F)(F)F)cc1)c1ccc(N2CCCC2)cc1. The van der Waals surface area contributed by atoms with Crippen LogP contribution in [0.25, 0.3) is 0 Å². The second kappa shape index (κ2) is 6.92. The number of alkyl halides is 3. The number of anilines is 1. The Morgan fingerprint density at radius 2 is 1.32 bits per heavy atom. The highest BCUT2D eigenvalue weighted by atomic mass is 32.2. The van der Waals surface area contributed by atoms with Crippen molar-refractivity contribution in [1.82, 2.24) is 0 Å². The fourth-order valence-electron chi connectivity index (χ4n) is 2.77. The molecule has 0 atom stereocenters. The molecule has 0 N–H and O–H groups in total. The molecule has 0 radical (unpaired) electrons. The highest BCUT2D eigenvalue weighted by molar-refractivity contribution is 8.00. The van der Waals surface area contributed by atoms with Gasteiger partial charge in [-0.1, -0.05) is 0 Å². The lowest BCUT2D eigenvalue weighted by Gasteiger charge is -2.17. The van der Waals surface area contributed by atoms with E-state index in [2.05, 4.69) is 4.90 Å². The Bertz CT molecular complexity index is 826. The van der Waals surface area contributed by atoms with Gasteiger partial charge in [-0.05, 0) is 73.1 Å². The van der Waals surface area contributed by atoms with Crippen LogP contribution in [-0.4, -0.2) is 27.0 Å². The van der Waals surface area contributed by atoms with Gasteiger partial charge in [0, 0.05) is 23.7 Å². The number of nitrogens with zero attached hydrogens (tertiary/aromatic N) is 1. The Labute approximate surface area is 148 Å². The third-order valence-electron chi connectivity index (χ3n) is 3.99. The van der Waals surface area contributed by atoms with E-state index in [-0.39, 0.29) is 26.4 Å². The second-order valence-corrected chi connectivity index (χ2v) is 8.80. The van der Waals surface area contributed by atoms with Gasteiger partial charge in [-0.3, -0.25) is 0 Å². The zero-order valence-electron chi connectivity index (χ0n) is 13.2. The second-order valence-electron chi connectivity index (χ2n) is 5.71. The summed E-state index contributed by atoms with van der Waals surface area (Å²) in [5, 5.41) is 0. The lowest BCUT2D eigenvalue weighted by molar-refractivity contribution is -0.0328. The average Bonchev–Trinajstić information content (AvgIpc) is 3.08. The first-order chi connectivity index (χ1) is 11.8. The Kier molecular flexibility index (Phi) is 5.02. The van der Waals surface area contributed by atoms with Crippen molar-refractivity contribution >= 4 is 27.3 Å². The Morgan fingerprint density at radius 1 is 0.840 bits per heavy atom. The van der Waals surface area contributed by atoms with Crippen LogP contribution in [0, 0.1) is 0 Å². The summed E-state index contributed by atoms with van der Waals surface area (Å²) < 4.78 is 62.3. The molecule has 25 heavy (non-hydrogen) atoms. The van der Waals surface area contributed by atoms with Crippen LogP contribution >= 0.6 is 11.8 Å². The molecule has 0 amide bonds. The highest BCUT2D eigenvalue weighted by Gasteiger charge is 2.29. The molecule has 8 heteroatoms. The third kappa shape index (κ3) is 4.30. The van der Waals surface area contributed by atoms with Crippen molar-refractivity contribution < 1.29 is 21.6 Å². The number of halogens is 3. The zero-order chi connectivity index (χ0) is 18.1. The fraction of sp³-hybridized carbons (Fsp3) is 0.294. The summed E-state index contributed by atoms with van der Waals surface area (Å²) in [5.41, 5.74) is -3.42. The molecule has 1 aliphatic heterocycles. The summed E-state index contributed by atoms with van der Waals surface area (Å²) in [5.74, 6) is 0. The molecule has 1 aliphatic rings. The van der Waals surface area contributed by atoms with Crippen LogP contribution < -0.4 is 4.90 Å². The van der Waals surface area contributed by atoms with Crippen molar-refractivity contribution in [2.45, 2.75) is 33.0 Å². The Hall–Kier alpha value is -1.67. The van der Waals surface area contributed by atoms with E-state index in [4.69, 9.17) is 0 Å². The minimum atomic E-state index is -4.40. The summed E-state index contributed by atoms with van der Waals surface area (Å²) in [6.07, 6.45) is 2.25. The summed E-state index contributed by atoms with van der Waals surface area (Å²) in [6, 6.07) is 11.4. The summed E-state index contributed by atoms with van der Waals surface area (Å²) in [7, 11) is -3.75. The van der Waals surface area contributed by atoms with Crippen LogP contribution in [0.3, 0.4) is 0 Å². The van der Waals surface area contributed by atoms with E-state index in [1.54, 1.807) is 24.3 Å². The molecule has 0 bridgehead atoms. The van der Waals surface area contributed by atoms with Gasteiger partial charge < -0.3 is 4.90 Å². The molecule has 2 aromatic carbocycles. The Balaban J connectivity index is 1.81. The number of hydrogen-bond acceptors (Lipinski definition) is 4. The van der Waals surface area contributed by atoms with Crippen LogP contribution in [-0.2, 0) is 9.84 Å². The van der Waals surface area contributed by atoms with E-state index in [9.17, 15) is 21.6 Å². The van der Waals surface area contributed by atoms with Crippen molar-refractivity contribution in [2.75, 3.05) is 18.0 Å². The van der Waals surface area contributed by atoms with E-state index < -0.39 is 15.3 Å². The normalized spacial score (nSPS) is 15.6. The number of hydrogen-bond donors (Lipinski definition) is 0. The molecule has 0 unspecified atom stereocenters. The molecule has 1 saturated heterocycles. The maximum Gasteiger partial charge on any atom is 0.446 e. The molecule has 3 nitrogen and oxygen atoms in total. The minimum absolute atomic E-state index is 0.0204. The first-order valence-electron chi connectivity index (χ1n) is 7.72. The summed E-state index contributed by atoms with van der Waals surface area (Å²) in [4.78, 5) is 2.26. The summed E-state index contributed by atoms with van der Waals surface area (Å²) >= 11 is -0.268. The van der Waals surface area contributed by atoms with Crippen LogP contribution in [0.2, 0.25) is 0 Å². The van der Waals surface area contributed by atoms with Gasteiger partial charge in [-0.15, -0.1) is 0 Å². The highest BCUT2D eigenvalue weighted by Crippen LogP contribution is 2.37. The van der Waals surface area contributed by atoms with E-state index in [1.807, 2.05) is 0 Å². The van der Waals surface area contributed by atoms with Gasteiger partial charge in [0.15, 0.2) is 0 Å². The molecule has 134 valence electrons. The maximum atomic E-state index is 12.6. The molecule has 0 saturated carbocycles. The van der Waals surface area contributed by atoms with Crippen molar-refractivity contribution in [2.24, 2.45) is 0 Å².